The number of nitrogens with one attached hydrogen (secondary N) is 2. The van der Waals surface area contributed by atoms with Gasteiger partial charge in [-0.25, -0.2) is 4.98 Å². The molecule has 130 valence electrons. The number of nitrogens with zero attached hydrogens (tertiary/aromatic N) is 2. The van der Waals surface area contributed by atoms with Gasteiger partial charge >= 0.3 is 6.18 Å². The van der Waals surface area contributed by atoms with Crippen molar-refractivity contribution in [3.05, 3.63) is 41.1 Å². The van der Waals surface area contributed by atoms with Crippen molar-refractivity contribution in [2.24, 2.45) is 0 Å². The van der Waals surface area contributed by atoms with Crippen molar-refractivity contribution >= 4 is 17.5 Å². The third-order valence-corrected chi connectivity index (χ3v) is 3.32. The molecule has 1 aromatic carbocycles. The first kappa shape index (κ1) is 18.0. The lowest BCUT2D eigenvalue weighted by Gasteiger charge is -2.16. The summed E-state index contributed by atoms with van der Waals surface area (Å²) in [5, 5.41) is 14.6. The second-order valence-corrected chi connectivity index (χ2v) is 5.63. The van der Waals surface area contributed by atoms with Gasteiger partial charge in [0.05, 0.1) is 6.61 Å². The lowest BCUT2D eigenvalue weighted by Crippen LogP contribution is -2.22. The third kappa shape index (κ3) is 4.58. The van der Waals surface area contributed by atoms with Gasteiger partial charge < -0.3 is 15.7 Å². The number of aliphatic hydroxyl groups is 1. The van der Waals surface area contributed by atoms with Crippen LogP contribution in [-0.2, 0) is 6.18 Å². The number of hydrogen-bond donors (Lipinski definition) is 3. The number of aryl methyl sites for hydroxylation is 2. The molecule has 3 N–H and O–H groups in total. The Kier molecular flexibility index (Phi) is 5.28. The van der Waals surface area contributed by atoms with Crippen LogP contribution in [0.3, 0.4) is 0 Å². The van der Waals surface area contributed by atoms with Gasteiger partial charge in [-0.05, 0) is 38.0 Å². The molecule has 24 heavy (non-hydrogen) atoms. The number of rotatable bonds is 5. The Morgan fingerprint density at radius 2 is 1.88 bits per heavy atom. The predicted molar refractivity (Wildman–Crippen MR) is 86.4 cm³/mol. The van der Waals surface area contributed by atoms with Crippen LogP contribution in [0.2, 0.25) is 0 Å². The highest BCUT2D eigenvalue weighted by molar-refractivity contribution is 5.62. The highest BCUT2D eigenvalue weighted by atomic mass is 19.4. The minimum absolute atomic E-state index is 0.0265. The molecule has 0 unspecified atom stereocenters. The molecule has 0 spiro atoms. The number of aromatic nitrogens is 2. The molecule has 1 heterocycles. The van der Waals surface area contributed by atoms with E-state index in [1.54, 1.807) is 6.92 Å². The van der Waals surface area contributed by atoms with Crippen LogP contribution in [0.25, 0.3) is 0 Å². The molecular weight excluding hydrogens is 321 g/mol. The summed E-state index contributed by atoms with van der Waals surface area (Å²) in [4.78, 5) is 7.53. The fourth-order valence-corrected chi connectivity index (χ4v) is 2.00. The topological polar surface area (TPSA) is 70.1 Å². The van der Waals surface area contributed by atoms with Crippen molar-refractivity contribution in [3.8, 4) is 0 Å². The molecule has 1 atom stereocenters. The van der Waals surface area contributed by atoms with E-state index < -0.39 is 17.9 Å². The summed E-state index contributed by atoms with van der Waals surface area (Å²) >= 11 is 0. The van der Waals surface area contributed by atoms with Crippen LogP contribution in [0.4, 0.5) is 30.6 Å². The van der Waals surface area contributed by atoms with Crippen molar-refractivity contribution < 1.29 is 18.3 Å². The summed E-state index contributed by atoms with van der Waals surface area (Å²) in [5.41, 5.74) is 1.47. The SMILES string of the molecule is Cc1ccc(C)c(Nc2cc(C(F)(F)F)nc(N[C@H](C)CO)n2)c1. The average molecular weight is 340 g/mol. The smallest absolute Gasteiger partial charge is 0.394 e. The van der Waals surface area contributed by atoms with E-state index in [0.29, 0.717) is 5.69 Å². The van der Waals surface area contributed by atoms with Gasteiger partial charge in [-0.2, -0.15) is 18.2 Å². The number of halogens is 3. The fraction of sp³-hybridized carbons (Fsp3) is 0.375. The minimum atomic E-state index is -4.60. The van der Waals surface area contributed by atoms with Gasteiger partial charge in [0.15, 0.2) is 5.69 Å². The average Bonchev–Trinajstić information content (AvgIpc) is 2.49. The molecule has 0 aliphatic heterocycles. The molecule has 8 heteroatoms. The molecule has 1 aromatic heterocycles. The van der Waals surface area contributed by atoms with E-state index in [2.05, 4.69) is 20.6 Å². The van der Waals surface area contributed by atoms with Gasteiger partial charge in [0, 0.05) is 17.8 Å². The Hall–Kier alpha value is -2.35. The molecule has 0 saturated carbocycles. The minimum Gasteiger partial charge on any atom is -0.394 e. The normalized spacial score (nSPS) is 12.8. The highest BCUT2D eigenvalue weighted by Gasteiger charge is 2.34. The van der Waals surface area contributed by atoms with Crippen molar-refractivity contribution in [3.63, 3.8) is 0 Å². The number of anilines is 3. The number of hydrogen-bond acceptors (Lipinski definition) is 5. The first-order valence-corrected chi connectivity index (χ1v) is 7.37. The molecule has 0 saturated heterocycles. The van der Waals surface area contributed by atoms with E-state index >= 15 is 0 Å². The van der Waals surface area contributed by atoms with Crippen LogP contribution in [0.1, 0.15) is 23.7 Å². The van der Waals surface area contributed by atoms with Crippen LogP contribution < -0.4 is 10.6 Å². The largest absolute Gasteiger partial charge is 0.433 e. The number of alkyl halides is 3. The first-order valence-electron chi connectivity index (χ1n) is 7.37. The van der Waals surface area contributed by atoms with Crippen LogP contribution in [0.15, 0.2) is 24.3 Å². The molecule has 2 aromatic rings. The van der Waals surface area contributed by atoms with Crippen LogP contribution >= 0.6 is 0 Å². The van der Waals surface area contributed by atoms with Gasteiger partial charge in [-0.1, -0.05) is 12.1 Å². The molecule has 0 amide bonds. The van der Waals surface area contributed by atoms with E-state index in [1.165, 1.54) is 0 Å². The highest BCUT2D eigenvalue weighted by Crippen LogP contribution is 2.31. The molecule has 0 fully saturated rings. The van der Waals surface area contributed by atoms with E-state index in [1.807, 2.05) is 32.0 Å². The zero-order chi connectivity index (χ0) is 17.9. The van der Waals surface area contributed by atoms with E-state index in [-0.39, 0.29) is 18.4 Å². The van der Waals surface area contributed by atoms with Crippen molar-refractivity contribution in [2.75, 3.05) is 17.2 Å². The molecule has 0 aliphatic carbocycles. The van der Waals surface area contributed by atoms with Gasteiger partial charge in [0.1, 0.15) is 5.82 Å². The Morgan fingerprint density at radius 3 is 2.50 bits per heavy atom. The van der Waals surface area contributed by atoms with Crippen LogP contribution in [0, 0.1) is 13.8 Å². The van der Waals surface area contributed by atoms with Gasteiger partial charge in [0.2, 0.25) is 5.95 Å². The quantitative estimate of drug-likeness (QED) is 0.775. The third-order valence-electron chi connectivity index (χ3n) is 3.32. The molecule has 0 aliphatic rings. The molecule has 5 nitrogen and oxygen atoms in total. The van der Waals surface area contributed by atoms with E-state index in [9.17, 15) is 13.2 Å². The standard InChI is InChI=1S/C16H19F3N4O/c1-9-4-5-10(2)12(6-9)21-14-7-13(16(17,18)19)22-15(23-14)20-11(3)8-24/h4-7,11,24H,8H2,1-3H3,(H2,20,21,22,23)/t11-/m1/s1. The Morgan fingerprint density at radius 1 is 1.17 bits per heavy atom. The number of aliphatic hydroxyl groups excluding tert-OH is 1. The summed E-state index contributed by atoms with van der Waals surface area (Å²) in [5.74, 6) is -0.169. The first-order chi connectivity index (χ1) is 11.2. The monoisotopic (exact) mass is 340 g/mol. The Bertz CT molecular complexity index is 719. The molecule has 2 rings (SSSR count). The van der Waals surface area contributed by atoms with Crippen LogP contribution in [-0.4, -0.2) is 27.7 Å². The molecule has 0 radical (unpaired) electrons. The lowest BCUT2D eigenvalue weighted by molar-refractivity contribution is -0.141. The van der Waals surface area contributed by atoms with Gasteiger partial charge in [0.25, 0.3) is 0 Å². The Balaban J connectivity index is 2.40. The van der Waals surface area contributed by atoms with Gasteiger partial charge in [-0.3, -0.25) is 0 Å². The Labute approximate surface area is 138 Å². The van der Waals surface area contributed by atoms with E-state index in [4.69, 9.17) is 5.11 Å². The lowest BCUT2D eigenvalue weighted by atomic mass is 10.1. The zero-order valence-corrected chi connectivity index (χ0v) is 13.6. The molecule has 0 bridgehead atoms. The summed E-state index contributed by atoms with van der Waals surface area (Å²) in [6, 6.07) is 6.00. The zero-order valence-electron chi connectivity index (χ0n) is 13.6. The maximum atomic E-state index is 13.1. The van der Waals surface area contributed by atoms with Gasteiger partial charge in [-0.15, -0.1) is 0 Å². The van der Waals surface area contributed by atoms with Crippen LogP contribution in [0.5, 0.6) is 0 Å². The summed E-state index contributed by atoms with van der Waals surface area (Å²) in [7, 11) is 0. The second-order valence-electron chi connectivity index (χ2n) is 5.63. The maximum Gasteiger partial charge on any atom is 0.433 e. The predicted octanol–water partition coefficient (Wildman–Crippen LogP) is 3.65. The summed E-state index contributed by atoms with van der Waals surface area (Å²) < 4.78 is 39.2. The summed E-state index contributed by atoms with van der Waals surface area (Å²) in [6.45, 7) is 5.10. The molecular formula is C16H19F3N4O. The summed E-state index contributed by atoms with van der Waals surface area (Å²) in [6.07, 6.45) is -4.60. The fourth-order valence-electron chi connectivity index (χ4n) is 2.00. The van der Waals surface area contributed by atoms with Crippen molar-refractivity contribution in [1.29, 1.82) is 0 Å². The second kappa shape index (κ2) is 7.04. The van der Waals surface area contributed by atoms with E-state index in [0.717, 1.165) is 17.2 Å². The van der Waals surface area contributed by atoms with Crippen molar-refractivity contribution in [2.45, 2.75) is 33.0 Å². The number of benzene rings is 1. The maximum absolute atomic E-state index is 13.1. The van der Waals surface area contributed by atoms with Crippen molar-refractivity contribution in [1.82, 2.24) is 9.97 Å².